The molecule has 9 heteroatoms. The van der Waals surface area contributed by atoms with Gasteiger partial charge in [0.25, 0.3) is 0 Å². The van der Waals surface area contributed by atoms with Crippen LogP contribution in [0.3, 0.4) is 0 Å². The molecule has 0 saturated carbocycles. The number of unbranched alkanes of at least 4 members (excludes halogenated alkanes) is 6. The number of nitrogens with zero attached hydrogens (tertiary/aromatic N) is 4. The highest BCUT2D eigenvalue weighted by molar-refractivity contribution is 5.75. The van der Waals surface area contributed by atoms with Gasteiger partial charge in [0.05, 0.1) is 19.0 Å². The van der Waals surface area contributed by atoms with E-state index in [0.29, 0.717) is 18.5 Å². The third kappa shape index (κ3) is 5.42. The number of aliphatic hydroxyl groups is 1. The summed E-state index contributed by atoms with van der Waals surface area (Å²) in [5.74, 6) is -0.490. The van der Waals surface area contributed by atoms with E-state index in [9.17, 15) is 15.0 Å². The molecule has 0 unspecified atom stereocenters. The van der Waals surface area contributed by atoms with E-state index in [0.717, 1.165) is 19.3 Å². The fourth-order valence-electron chi connectivity index (χ4n) is 3.66. The highest BCUT2D eigenvalue weighted by Crippen LogP contribution is 2.34. The maximum absolute atomic E-state index is 12.3. The number of aromatic nitrogens is 4. The van der Waals surface area contributed by atoms with Crippen molar-refractivity contribution in [2.24, 2.45) is 0 Å². The number of aromatic hydroxyl groups is 1. The quantitative estimate of drug-likeness (QED) is 0.432. The number of aliphatic hydroxyl groups excluding tert-OH is 1. The van der Waals surface area contributed by atoms with E-state index in [1.165, 1.54) is 38.3 Å². The van der Waals surface area contributed by atoms with E-state index in [1.54, 1.807) is 4.57 Å². The summed E-state index contributed by atoms with van der Waals surface area (Å²) in [5, 5.41) is 19.3. The molecule has 2 aromatic heterocycles. The molecule has 0 aromatic carbocycles. The van der Waals surface area contributed by atoms with Gasteiger partial charge < -0.3 is 19.7 Å². The van der Waals surface area contributed by atoms with Gasteiger partial charge in [-0.3, -0.25) is 9.36 Å². The molecule has 0 amide bonds. The molecule has 2 N–H and O–H groups in total. The van der Waals surface area contributed by atoms with Gasteiger partial charge in [0.2, 0.25) is 5.88 Å². The average Bonchev–Trinajstić information content (AvgIpc) is 3.31. The van der Waals surface area contributed by atoms with Crippen molar-refractivity contribution in [2.45, 2.75) is 83.1 Å². The van der Waals surface area contributed by atoms with Gasteiger partial charge in [0.15, 0.2) is 17.4 Å². The summed E-state index contributed by atoms with van der Waals surface area (Å²) >= 11 is 0. The Morgan fingerprint density at radius 1 is 1.21 bits per heavy atom. The van der Waals surface area contributed by atoms with Crippen molar-refractivity contribution in [3.05, 3.63) is 12.7 Å². The fourth-order valence-corrected chi connectivity index (χ4v) is 3.66. The third-order valence-electron chi connectivity index (χ3n) is 5.23. The Hall–Kier alpha value is -2.26. The van der Waals surface area contributed by atoms with Crippen LogP contribution in [0.4, 0.5) is 0 Å². The van der Waals surface area contributed by atoms with Crippen LogP contribution in [-0.4, -0.2) is 54.5 Å². The number of imidazole rings is 1. The zero-order valence-electron chi connectivity index (χ0n) is 16.9. The van der Waals surface area contributed by atoms with E-state index in [-0.39, 0.29) is 24.0 Å². The van der Waals surface area contributed by atoms with Crippen molar-refractivity contribution in [3.63, 3.8) is 0 Å². The summed E-state index contributed by atoms with van der Waals surface area (Å²) < 4.78 is 13.1. The lowest BCUT2D eigenvalue weighted by atomic mass is 10.1. The maximum Gasteiger partial charge on any atom is 0.306 e. The second-order valence-corrected chi connectivity index (χ2v) is 7.49. The predicted octanol–water partition coefficient (Wildman–Crippen LogP) is 2.86. The SMILES string of the molecule is CCCCCCCCCC(=O)O[C@@H]1C[C@@H](CO)O[C@H]1n1cnc2c(O)ncnc21. The zero-order chi connectivity index (χ0) is 20.6. The van der Waals surface area contributed by atoms with Gasteiger partial charge in [-0.1, -0.05) is 45.4 Å². The molecule has 0 bridgehead atoms. The number of carbonyl (C=O) groups is 1. The minimum atomic E-state index is -0.663. The van der Waals surface area contributed by atoms with Crippen LogP contribution in [0, 0.1) is 0 Å². The van der Waals surface area contributed by atoms with E-state index in [2.05, 4.69) is 21.9 Å². The number of fused-ring (bicyclic) bond motifs is 1. The number of hydrogen-bond donors (Lipinski definition) is 2. The summed E-state index contributed by atoms with van der Waals surface area (Å²) in [7, 11) is 0. The summed E-state index contributed by atoms with van der Waals surface area (Å²) in [6, 6.07) is 0. The van der Waals surface area contributed by atoms with Crippen molar-refractivity contribution in [1.29, 1.82) is 0 Å². The van der Waals surface area contributed by atoms with Crippen molar-refractivity contribution in [3.8, 4) is 5.88 Å². The normalized spacial score (nSPS) is 21.7. The molecule has 3 rings (SSSR count). The Balaban J connectivity index is 1.57. The van der Waals surface area contributed by atoms with Gasteiger partial charge in [-0.25, -0.2) is 9.97 Å². The molecular weight excluding hydrogens is 376 g/mol. The molecular formula is C20H30N4O5. The Bertz CT molecular complexity index is 796. The van der Waals surface area contributed by atoms with Crippen LogP contribution in [-0.2, 0) is 14.3 Å². The topological polar surface area (TPSA) is 120 Å². The van der Waals surface area contributed by atoms with Crippen LogP contribution in [0.2, 0.25) is 0 Å². The second kappa shape index (κ2) is 10.5. The van der Waals surface area contributed by atoms with Crippen molar-refractivity contribution in [1.82, 2.24) is 19.5 Å². The van der Waals surface area contributed by atoms with Gasteiger partial charge in [0, 0.05) is 12.8 Å². The molecule has 29 heavy (non-hydrogen) atoms. The Morgan fingerprint density at radius 3 is 2.72 bits per heavy atom. The molecule has 9 nitrogen and oxygen atoms in total. The van der Waals surface area contributed by atoms with Gasteiger partial charge in [-0.15, -0.1) is 0 Å². The number of ether oxygens (including phenoxy) is 2. The largest absolute Gasteiger partial charge is 0.492 e. The van der Waals surface area contributed by atoms with Gasteiger partial charge in [0.1, 0.15) is 12.4 Å². The van der Waals surface area contributed by atoms with Gasteiger partial charge in [-0.05, 0) is 6.42 Å². The molecule has 1 saturated heterocycles. The Labute approximate surface area is 170 Å². The van der Waals surface area contributed by atoms with E-state index >= 15 is 0 Å². The van der Waals surface area contributed by atoms with Crippen LogP contribution < -0.4 is 0 Å². The minimum absolute atomic E-state index is 0.171. The van der Waals surface area contributed by atoms with E-state index in [4.69, 9.17) is 9.47 Å². The summed E-state index contributed by atoms with van der Waals surface area (Å²) in [4.78, 5) is 24.3. The van der Waals surface area contributed by atoms with Crippen LogP contribution in [0.15, 0.2) is 12.7 Å². The van der Waals surface area contributed by atoms with Crippen molar-refractivity contribution >= 4 is 17.1 Å². The Kier molecular flexibility index (Phi) is 7.76. The monoisotopic (exact) mass is 406 g/mol. The molecule has 1 aliphatic heterocycles. The van der Waals surface area contributed by atoms with Crippen molar-refractivity contribution in [2.75, 3.05) is 6.61 Å². The molecule has 3 heterocycles. The number of rotatable bonds is 11. The van der Waals surface area contributed by atoms with E-state index < -0.39 is 18.4 Å². The van der Waals surface area contributed by atoms with Crippen molar-refractivity contribution < 1.29 is 24.5 Å². The molecule has 0 radical (unpaired) electrons. The van der Waals surface area contributed by atoms with Crippen LogP contribution in [0.25, 0.3) is 11.2 Å². The molecule has 0 spiro atoms. The molecule has 1 fully saturated rings. The first kappa shape index (κ1) is 21.4. The zero-order valence-corrected chi connectivity index (χ0v) is 16.9. The minimum Gasteiger partial charge on any atom is -0.492 e. The lowest BCUT2D eigenvalue weighted by Gasteiger charge is -2.20. The second-order valence-electron chi connectivity index (χ2n) is 7.49. The fraction of sp³-hybridized carbons (Fsp3) is 0.700. The summed E-state index contributed by atoms with van der Waals surface area (Å²) in [6.07, 6.45) is 9.72. The standard InChI is InChI=1S/C20H30N4O5/c1-2-3-4-5-6-7-8-9-16(26)29-15-10-14(11-25)28-20(15)24-13-23-17-18(24)21-12-22-19(17)27/h12-15,20,25H,2-11H2,1H3,(H,21,22,27)/t14-,15+,20+/m0/s1. The highest BCUT2D eigenvalue weighted by Gasteiger charge is 2.39. The Morgan fingerprint density at radius 2 is 1.97 bits per heavy atom. The molecule has 160 valence electrons. The predicted molar refractivity (Wildman–Crippen MR) is 105 cm³/mol. The lowest BCUT2D eigenvalue weighted by molar-refractivity contribution is -0.155. The summed E-state index contributed by atoms with van der Waals surface area (Å²) in [5.41, 5.74) is 0.630. The molecule has 1 aliphatic rings. The first-order chi connectivity index (χ1) is 14.1. The average molecular weight is 406 g/mol. The third-order valence-corrected chi connectivity index (χ3v) is 5.23. The van der Waals surface area contributed by atoms with Gasteiger partial charge in [-0.2, -0.15) is 4.98 Å². The lowest BCUT2D eigenvalue weighted by Crippen LogP contribution is -2.25. The van der Waals surface area contributed by atoms with Crippen LogP contribution in [0.1, 0.15) is 70.9 Å². The number of esters is 1. The number of hydrogen-bond acceptors (Lipinski definition) is 8. The molecule has 0 aliphatic carbocycles. The highest BCUT2D eigenvalue weighted by atomic mass is 16.6. The number of carbonyl (C=O) groups excluding carboxylic acids is 1. The summed E-state index contributed by atoms with van der Waals surface area (Å²) in [6.45, 7) is 2.02. The smallest absolute Gasteiger partial charge is 0.306 e. The maximum atomic E-state index is 12.3. The van der Waals surface area contributed by atoms with Gasteiger partial charge >= 0.3 is 5.97 Å². The van der Waals surface area contributed by atoms with E-state index in [1.807, 2.05) is 0 Å². The molecule has 2 aromatic rings. The molecule has 3 atom stereocenters. The first-order valence-corrected chi connectivity index (χ1v) is 10.5. The van der Waals surface area contributed by atoms with Crippen LogP contribution in [0.5, 0.6) is 5.88 Å². The van der Waals surface area contributed by atoms with Crippen LogP contribution >= 0.6 is 0 Å². The first-order valence-electron chi connectivity index (χ1n) is 10.5.